The molecule has 1 N–H and O–H groups in total. The average molecular weight is 459 g/mol. The molecular weight excluding hydrogens is 424 g/mol. The fourth-order valence-electron chi connectivity index (χ4n) is 4.32. The summed E-state index contributed by atoms with van der Waals surface area (Å²) in [6, 6.07) is 11.6. The SMILES string of the molecule is Cc1cc(C)cc(N(CCCC(=O)NC2CC(C)(C)Oc3cc(C)ccc32)S(C)(=O)=O)c1. The molecule has 1 aliphatic rings. The summed E-state index contributed by atoms with van der Waals surface area (Å²) in [6.07, 6.45) is 2.55. The molecule has 0 aliphatic carbocycles. The lowest BCUT2D eigenvalue weighted by Gasteiger charge is -2.38. The van der Waals surface area contributed by atoms with Crippen LogP contribution in [-0.2, 0) is 14.8 Å². The zero-order chi connectivity index (χ0) is 23.7. The van der Waals surface area contributed by atoms with Crippen LogP contribution in [0.15, 0.2) is 36.4 Å². The van der Waals surface area contributed by atoms with E-state index in [-0.39, 0.29) is 30.5 Å². The number of anilines is 1. The van der Waals surface area contributed by atoms with E-state index in [4.69, 9.17) is 4.74 Å². The first kappa shape index (κ1) is 24.1. The summed E-state index contributed by atoms with van der Waals surface area (Å²) in [6.45, 7) is 10.2. The first-order valence-corrected chi connectivity index (χ1v) is 12.8. The smallest absolute Gasteiger partial charge is 0.232 e. The van der Waals surface area contributed by atoms with Gasteiger partial charge in [-0.2, -0.15) is 0 Å². The molecule has 0 saturated heterocycles. The van der Waals surface area contributed by atoms with Crippen LogP contribution in [0.4, 0.5) is 5.69 Å². The summed E-state index contributed by atoms with van der Waals surface area (Å²) in [5, 5.41) is 3.13. The van der Waals surface area contributed by atoms with E-state index in [1.54, 1.807) is 0 Å². The van der Waals surface area contributed by atoms with E-state index in [9.17, 15) is 13.2 Å². The summed E-state index contributed by atoms with van der Waals surface area (Å²) >= 11 is 0. The Morgan fingerprint density at radius 2 is 1.75 bits per heavy atom. The number of carbonyl (C=O) groups is 1. The van der Waals surface area contributed by atoms with E-state index in [0.717, 1.165) is 28.0 Å². The molecular formula is C25H34N2O4S. The van der Waals surface area contributed by atoms with E-state index in [0.29, 0.717) is 18.5 Å². The van der Waals surface area contributed by atoms with Crippen molar-refractivity contribution in [1.29, 1.82) is 0 Å². The van der Waals surface area contributed by atoms with E-state index in [2.05, 4.69) is 5.32 Å². The number of nitrogens with one attached hydrogen (secondary N) is 1. The van der Waals surface area contributed by atoms with E-state index < -0.39 is 10.0 Å². The Balaban J connectivity index is 1.66. The number of hydrogen-bond acceptors (Lipinski definition) is 4. The molecule has 1 atom stereocenters. The van der Waals surface area contributed by atoms with Crippen LogP contribution in [0.1, 0.15) is 61.4 Å². The zero-order valence-electron chi connectivity index (χ0n) is 19.9. The van der Waals surface area contributed by atoms with Gasteiger partial charge in [0.1, 0.15) is 11.4 Å². The number of benzene rings is 2. The highest BCUT2D eigenvalue weighted by molar-refractivity contribution is 7.92. The summed E-state index contributed by atoms with van der Waals surface area (Å²) in [4.78, 5) is 12.8. The minimum absolute atomic E-state index is 0.0897. The third-order valence-electron chi connectivity index (χ3n) is 5.62. The Morgan fingerprint density at radius 1 is 1.09 bits per heavy atom. The van der Waals surface area contributed by atoms with Crippen LogP contribution in [-0.4, -0.2) is 32.7 Å². The molecule has 0 fully saturated rings. The van der Waals surface area contributed by atoms with Gasteiger partial charge in [0.15, 0.2) is 0 Å². The lowest BCUT2D eigenvalue weighted by Crippen LogP contribution is -2.41. The monoisotopic (exact) mass is 458 g/mol. The van der Waals surface area contributed by atoms with Crippen molar-refractivity contribution in [2.75, 3.05) is 17.1 Å². The maximum Gasteiger partial charge on any atom is 0.232 e. The van der Waals surface area contributed by atoms with Crippen LogP contribution in [0.2, 0.25) is 0 Å². The van der Waals surface area contributed by atoms with Gasteiger partial charge in [-0.25, -0.2) is 8.42 Å². The molecule has 0 radical (unpaired) electrons. The molecule has 0 aromatic heterocycles. The minimum Gasteiger partial charge on any atom is -0.487 e. The van der Waals surface area contributed by atoms with Crippen LogP contribution in [0, 0.1) is 20.8 Å². The number of amides is 1. The third kappa shape index (κ3) is 6.03. The molecule has 1 amide bonds. The standard InChI is InChI=1S/C25H34N2O4S/c1-17-9-10-21-22(16-25(4,5)31-23(21)15-17)26-24(28)8-7-11-27(32(6,29)30)20-13-18(2)12-19(3)14-20/h9-10,12-15,22H,7-8,11,16H2,1-6H3,(H,26,28). The molecule has 2 aromatic rings. The number of carbonyl (C=O) groups excluding carboxylic acids is 1. The molecule has 1 heterocycles. The van der Waals surface area contributed by atoms with Crippen LogP contribution in [0.3, 0.4) is 0 Å². The Hall–Kier alpha value is -2.54. The predicted octanol–water partition coefficient (Wildman–Crippen LogP) is 4.58. The van der Waals surface area contributed by atoms with Gasteiger partial charge in [-0.15, -0.1) is 0 Å². The van der Waals surface area contributed by atoms with Crippen LogP contribution in [0.25, 0.3) is 0 Å². The molecule has 0 bridgehead atoms. The number of aryl methyl sites for hydroxylation is 3. The van der Waals surface area contributed by atoms with E-state index in [1.807, 2.05) is 71.0 Å². The average Bonchev–Trinajstić information content (AvgIpc) is 2.62. The van der Waals surface area contributed by atoms with Gasteiger partial charge in [-0.05, 0) is 75.9 Å². The van der Waals surface area contributed by atoms with Crippen molar-refractivity contribution in [1.82, 2.24) is 5.32 Å². The van der Waals surface area contributed by atoms with Gasteiger partial charge in [-0.1, -0.05) is 18.2 Å². The number of sulfonamides is 1. The van der Waals surface area contributed by atoms with Gasteiger partial charge in [0, 0.05) is 24.9 Å². The first-order valence-electron chi connectivity index (χ1n) is 11.0. The summed E-state index contributed by atoms with van der Waals surface area (Å²) in [5.74, 6) is 0.720. The van der Waals surface area contributed by atoms with E-state index >= 15 is 0 Å². The fourth-order valence-corrected chi connectivity index (χ4v) is 5.27. The molecule has 1 unspecified atom stereocenters. The molecule has 6 nitrogen and oxygen atoms in total. The quantitative estimate of drug-likeness (QED) is 0.659. The maximum absolute atomic E-state index is 12.8. The summed E-state index contributed by atoms with van der Waals surface area (Å²) in [7, 11) is -3.45. The Morgan fingerprint density at radius 3 is 2.38 bits per heavy atom. The van der Waals surface area contributed by atoms with Crippen LogP contribution >= 0.6 is 0 Å². The number of rotatable bonds is 7. The highest BCUT2D eigenvalue weighted by Crippen LogP contribution is 2.40. The van der Waals surface area contributed by atoms with Crippen molar-refractivity contribution >= 4 is 21.6 Å². The first-order chi connectivity index (χ1) is 14.8. The number of ether oxygens (including phenoxy) is 1. The fraction of sp³-hybridized carbons (Fsp3) is 0.480. The highest BCUT2D eigenvalue weighted by Gasteiger charge is 2.34. The summed E-state index contributed by atoms with van der Waals surface area (Å²) < 4.78 is 32.3. The number of fused-ring (bicyclic) bond motifs is 1. The summed E-state index contributed by atoms with van der Waals surface area (Å²) in [5.41, 5.74) is 4.36. The second kappa shape index (κ2) is 9.14. The van der Waals surface area contributed by atoms with Crippen molar-refractivity contribution in [3.63, 3.8) is 0 Å². The van der Waals surface area contributed by atoms with Crippen LogP contribution < -0.4 is 14.4 Å². The Bertz CT molecular complexity index is 1090. The van der Waals surface area contributed by atoms with Gasteiger partial charge in [0.05, 0.1) is 18.0 Å². The number of hydrogen-bond donors (Lipinski definition) is 1. The van der Waals surface area contributed by atoms with Gasteiger partial charge < -0.3 is 10.1 Å². The predicted molar refractivity (Wildman–Crippen MR) is 129 cm³/mol. The lowest BCUT2D eigenvalue weighted by molar-refractivity contribution is -0.122. The topological polar surface area (TPSA) is 75.7 Å². The minimum atomic E-state index is -3.45. The second-order valence-corrected chi connectivity index (χ2v) is 11.4. The van der Waals surface area contributed by atoms with Crippen molar-refractivity contribution in [3.8, 4) is 5.75 Å². The molecule has 174 valence electrons. The molecule has 1 aliphatic heterocycles. The van der Waals surface area contributed by atoms with Gasteiger partial charge in [-0.3, -0.25) is 9.10 Å². The van der Waals surface area contributed by atoms with Crippen molar-refractivity contribution in [3.05, 3.63) is 58.7 Å². The van der Waals surface area contributed by atoms with E-state index in [1.165, 1.54) is 10.6 Å². The molecule has 0 spiro atoms. The zero-order valence-corrected chi connectivity index (χ0v) is 20.7. The third-order valence-corrected chi connectivity index (χ3v) is 6.82. The van der Waals surface area contributed by atoms with Crippen molar-refractivity contribution < 1.29 is 17.9 Å². The van der Waals surface area contributed by atoms with Gasteiger partial charge in [0.2, 0.25) is 15.9 Å². The molecule has 2 aromatic carbocycles. The second-order valence-electron chi connectivity index (χ2n) is 9.51. The lowest BCUT2D eigenvalue weighted by atomic mass is 9.89. The molecule has 7 heteroatoms. The van der Waals surface area contributed by atoms with Gasteiger partial charge in [0.25, 0.3) is 0 Å². The largest absolute Gasteiger partial charge is 0.487 e. The highest BCUT2D eigenvalue weighted by atomic mass is 32.2. The number of nitrogens with zero attached hydrogens (tertiary/aromatic N) is 1. The Kier molecular flexibility index (Phi) is 6.89. The molecule has 3 rings (SSSR count). The maximum atomic E-state index is 12.8. The molecule has 0 saturated carbocycles. The normalized spacial score (nSPS) is 17.2. The van der Waals surface area contributed by atoms with Crippen molar-refractivity contribution in [2.24, 2.45) is 0 Å². The van der Waals surface area contributed by atoms with Gasteiger partial charge >= 0.3 is 0 Å². The molecule has 32 heavy (non-hydrogen) atoms. The van der Waals surface area contributed by atoms with Crippen LogP contribution in [0.5, 0.6) is 5.75 Å². The Labute approximate surface area is 192 Å². The van der Waals surface area contributed by atoms with Crippen molar-refractivity contribution in [2.45, 2.75) is 65.5 Å².